The number of para-hydroxylation sites is 1. The highest BCUT2D eigenvalue weighted by Crippen LogP contribution is 2.49. The van der Waals surface area contributed by atoms with Crippen LogP contribution in [-0.2, 0) is 0 Å². The Morgan fingerprint density at radius 1 is 0.380 bits per heavy atom. The molecule has 3 heteroatoms. The summed E-state index contributed by atoms with van der Waals surface area (Å²) in [4.78, 5) is 10.4. The molecule has 0 N–H and O–H groups in total. The molecule has 0 amide bonds. The molecule has 0 radical (unpaired) electrons. The summed E-state index contributed by atoms with van der Waals surface area (Å²) >= 11 is 0. The van der Waals surface area contributed by atoms with E-state index in [4.69, 9.17) is 9.97 Å². The number of aromatic nitrogens is 3. The lowest BCUT2D eigenvalue weighted by molar-refractivity contribution is 0.995. The van der Waals surface area contributed by atoms with Crippen LogP contribution in [0.1, 0.15) is 22.6 Å². The van der Waals surface area contributed by atoms with Gasteiger partial charge in [-0.25, -0.2) is 9.97 Å². The van der Waals surface area contributed by atoms with Gasteiger partial charge in [0.2, 0.25) is 5.95 Å². The van der Waals surface area contributed by atoms with Crippen molar-refractivity contribution in [3.05, 3.63) is 199 Å². The summed E-state index contributed by atoms with van der Waals surface area (Å²) in [6, 6.07) is 65.0. The van der Waals surface area contributed by atoms with Gasteiger partial charge >= 0.3 is 0 Å². The fourth-order valence-corrected chi connectivity index (χ4v) is 7.80. The molecule has 50 heavy (non-hydrogen) atoms. The van der Waals surface area contributed by atoms with Crippen LogP contribution >= 0.6 is 0 Å². The van der Waals surface area contributed by atoms with Crippen molar-refractivity contribution < 1.29 is 0 Å². The zero-order valence-electron chi connectivity index (χ0n) is 27.2. The molecule has 0 saturated carbocycles. The molecule has 10 rings (SSSR count). The topological polar surface area (TPSA) is 30.7 Å². The Hall–Kier alpha value is -6.58. The van der Waals surface area contributed by atoms with Crippen molar-refractivity contribution >= 4 is 21.8 Å². The minimum atomic E-state index is 0.240. The van der Waals surface area contributed by atoms with Crippen molar-refractivity contribution in [2.45, 2.75) is 5.92 Å². The summed E-state index contributed by atoms with van der Waals surface area (Å²) in [5.74, 6) is 0.898. The quantitative estimate of drug-likeness (QED) is 0.188. The first-order chi connectivity index (χ1) is 24.8. The Morgan fingerprint density at radius 3 is 1.68 bits per heavy atom. The van der Waals surface area contributed by atoms with Gasteiger partial charge in [-0.15, -0.1) is 0 Å². The second-order valence-corrected chi connectivity index (χ2v) is 13.0. The van der Waals surface area contributed by atoms with Gasteiger partial charge in [0.15, 0.2) is 0 Å². The van der Waals surface area contributed by atoms with E-state index < -0.39 is 0 Å². The highest BCUT2D eigenvalue weighted by atomic mass is 15.2. The lowest BCUT2D eigenvalue weighted by Crippen LogP contribution is -2.04. The van der Waals surface area contributed by atoms with E-state index in [0.29, 0.717) is 5.95 Å². The third kappa shape index (κ3) is 4.59. The first-order valence-corrected chi connectivity index (χ1v) is 17.1. The van der Waals surface area contributed by atoms with Gasteiger partial charge in [-0.1, -0.05) is 152 Å². The van der Waals surface area contributed by atoms with E-state index >= 15 is 0 Å². The van der Waals surface area contributed by atoms with Crippen LogP contribution < -0.4 is 0 Å². The molecular weight excluding hydrogens is 607 g/mol. The third-order valence-electron chi connectivity index (χ3n) is 10.1. The summed E-state index contributed by atoms with van der Waals surface area (Å²) in [6.45, 7) is 0. The zero-order chi connectivity index (χ0) is 33.0. The van der Waals surface area contributed by atoms with Crippen molar-refractivity contribution in [1.29, 1.82) is 0 Å². The maximum Gasteiger partial charge on any atom is 0.235 e. The lowest BCUT2D eigenvalue weighted by atomic mass is 9.89. The molecule has 2 heterocycles. The van der Waals surface area contributed by atoms with Crippen molar-refractivity contribution in [3.63, 3.8) is 0 Å². The van der Waals surface area contributed by atoms with Crippen molar-refractivity contribution in [2.75, 3.05) is 0 Å². The summed E-state index contributed by atoms with van der Waals surface area (Å²) in [5.41, 5.74) is 15.2. The molecule has 0 fully saturated rings. The number of hydrogen-bond donors (Lipinski definition) is 0. The Bertz CT molecular complexity index is 2640. The molecule has 2 aromatic heterocycles. The largest absolute Gasteiger partial charge is 0.278 e. The van der Waals surface area contributed by atoms with E-state index in [0.717, 1.165) is 33.5 Å². The molecule has 1 aliphatic rings. The Labute approximate surface area is 290 Å². The number of hydrogen-bond acceptors (Lipinski definition) is 2. The third-order valence-corrected chi connectivity index (χ3v) is 10.1. The first kappa shape index (κ1) is 28.4. The van der Waals surface area contributed by atoms with Crippen molar-refractivity contribution in [1.82, 2.24) is 14.5 Å². The maximum absolute atomic E-state index is 5.20. The molecule has 0 bridgehead atoms. The number of nitrogens with zero attached hydrogens (tertiary/aromatic N) is 3. The molecule has 234 valence electrons. The van der Waals surface area contributed by atoms with E-state index in [-0.39, 0.29) is 5.92 Å². The molecule has 0 saturated heterocycles. The SMILES string of the molecule is c1ccc(-c2cc(-c3ccccc3)nc(-n3c4ccccc4c4cc(-c5ccc6c(c5)-c5ccccc5C6c5ccccc5)ccc43)n2)cc1. The number of rotatable bonds is 5. The minimum Gasteiger partial charge on any atom is -0.278 e. The molecule has 7 aromatic carbocycles. The van der Waals surface area contributed by atoms with Crippen LogP contribution in [0.3, 0.4) is 0 Å². The summed E-state index contributed by atoms with van der Waals surface area (Å²) in [5, 5.41) is 2.35. The molecule has 1 aliphatic carbocycles. The summed E-state index contributed by atoms with van der Waals surface area (Å²) in [7, 11) is 0. The van der Waals surface area contributed by atoms with Crippen LogP contribution in [0.15, 0.2) is 182 Å². The zero-order valence-corrected chi connectivity index (χ0v) is 27.2. The second-order valence-electron chi connectivity index (χ2n) is 13.0. The van der Waals surface area contributed by atoms with Crippen LogP contribution in [0, 0.1) is 0 Å². The van der Waals surface area contributed by atoms with E-state index in [9.17, 15) is 0 Å². The van der Waals surface area contributed by atoms with Gasteiger partial charge in [0, 0.05) is 27.8 Å². The van der Waals surface area contributed by atoms with E-state index in [1.54, 1.807) is 0 Å². The van der Waals surface area contributed by atoms with Gasteiger partial charge in [-0.3, -0.25) is 4.57 Å². The standard InChI is InChI=1S/C47H31N3/c1-4-14-31(15-5-1)42-30-43(32-16-6-2-7-17-32)49-47(48-42)50-44-23-13-12-21-37(44)41-29-35(25-27-45(41)50)34-24-26-39-40(28-34)36-20-10-11-22-38(36)46(39)33-18-8-3-9-19-33/h1-30,46H. The minimum absolute atomic E-state index is 0.240. The number of fused-ring (bicyclic) bond motifs is 6. The van der Waals surface area contributed by atoms with Gasteiger partial charge < -0.3 is 0 Å². The van der Waals surface area contributed by atoms with Crippen LogP contribution in [0.2, 0.25) is 0 Å². The smallest absolute Gasteiger partial charge is 0.235 e. The highest BCUT2D eigenvalue weighted by Gasteiger charge is 2.30. The predicted molar refractivity (Wildman–Crippen MR) is 206 cm³/mol. The Kier molecular flexibility index (Phi) is 6.56. The lowest BCUT2D eigenvalue weighted by Gasteiger charge is -2.14. The molecule has 1 atom stereocenters. The van der Waals surface area contributed by atoms with Crippen LogP contribution in [-0.4, -0.2) is 14.5 Å². The maximum atomic E-state index is 5.20. The van der Waals surface area contributed by atoms with Crippen molar-refractivity contribution in [3.8, 4) is 50.7 Å². The second kappa shape index (κ2) is 11.5. The van der Waals surface area contributed by atoms with E-state index in [1.165, 1.54) is 49.7 Å². The van der Waals surface area contributed by atoms with Gasteiger partial charge in [0.05, 0.1) is 22.4 Å². The fraction of sp³-hybridized carbons (Fsp3) is 0.0213. The Morgan fingerprint density at radius 2 is 0.940 bits per heavy atom. The van der Waals surface area contributed by atoms with Crippen LogP contribution in [0.5, 0.6) is 0 Å². The monoisotopic (exact) mass is 637 g/mol. The molecule has 3 nitrogen and oxygen atoms in total. The van der Waals surface area contributed by atoms with Crippen LogP contribution in [0.25, 0.3) is 72.5 Å². The molecule has 9 aromatic rings. The fourth-order valence-electron chi connectivity index (χ4n) is 7.80. The van der Waals surface area contributed by atoms with Gasteiger partial charge in [0.1, 0.15) is 0 Å². The van der Waals surface area contributed by atoms with E-state index in [2.05, 4.69) is 174 Å². The van der Waals surface area contributed by atoms with E-state index in [1.807, 2.05) is 12.1 Å². The summed E-state index contributed by atoms with van der Waals surface area (Å²) in [6.07, 6.45) is 0. The van der Waals surface area contributed by atoms with Gasteiger partial charge in [-0.05, 0) is 69.3 Å². The molecule has 0 aliphatic heterocycles. The Balaban J connectivity index is 1.14. The highest BCUT2D eigenvalue weighted by molar-refractivity contribution is 6.10. The van der Waals surface area contributed by atoms with Crippen LogP contribution in [0.4, 0.5) is 0 Å². The average Bonchev–Trinajstić information content (AvgIpc) is 3.71. The van der Waals surface area contributed by atoms with Gasteiger partial charge in [0.25, 0.3) is 0 Å². The number of benzene rings is 7. The predicted octanol–water partition coefficient (Wildman–Crippen LogP) is 11.7. The normalized spacial score (nSPS) is 13.4. The first-order valence-electron chi connectivity index (χ1n) is 17.1. The summed E-state index contributed by atoms with van der Waals surface area (Å²) < 4.78 is 2.22. The molecule has 1 unspecified atom stereocenters. The van der Waals surface area contributed by atoms with Gasteiger partial charge in [-0.2, -0.15) is 0 Å². The van der Waals surface area contributed by atoms with Crippen molar-refractivity contribution in [2.24, 2.45) is 0 Å². The molecular formula is C47H31N3. The molecule has 0 spiro atoms. The average molecular weight is 638 g/mol.